The van der Waals surface area contributed by atoms with Crippen LogP contribution in [-0.2, 0) is 22.6 Å². The third kappa shape index (κ3) is 8.46. The Kier molecular flexibility index (Phi) is 9.42. The molecule has 2 rings (SSSR count). The fraction of sp³-hybridized carbons (Fsp3) is 0.350. The zero-order chi connectivity index (χ0) is 17.8. The van der Waals surface area contributed by atoms with Crippen molar-refractivity contribution in [1.82, 2.24) is 0 Å². The van der Waals surface area contributed by atoms with Crippen LogP contribution in [0.5, 0.6) is 5.75 Å². The Morgan fingerprint density at radius 3 is 2.12 bits per heavy atom. The average molecular weight is 329 g/mol. The second-order valence-electron chi connectivity index (χ2n) is 5.73. The van der Waals surface area contributed by atoms with Gasteiger partial charge >= 0.3 is 0 Å². The van der Waals surface area contributed by atoms with E-state index in [1.165, 1.54) is 5.56 Å². The Balaban J connectivity index is 0.000000272. The van der Waals surface area contributed by atoms with E-state index in [1.54, 1.807) is 7.11 Å². The van der Waals surface area contributed by atoms with Crippen LogP contribution in [0.1, 0.15) is 25.0 Å². The van der Waals surface area contributed by atoms with Crippen molar-refractivity contribution in [3.63, 3.8) is 0 Å². The lowest BCUT2D eigenvalue weighted by atomic mass is 10.1. The summed E-state index contributed by atoms with van der Waals surface area (Å²) >= 11 is 0. The summed E-state index contributed by atoms with van der Waals surface area (Å²) in [5, 5.41) is 0. The molecular weight excluding hydrogens is 302 g/mol. The highest BCUT2D eigenvalue weighted by Crippen LogP contribution is 2.14. The molecule has 0 amide bonds. The zero-order valence-electron chi connectivity index (χ0n) is 14.6. The van der Waals surface area contributed by atoms with E-state index in [2.05, 4.69) is 0 Å². The normalized spacial score (nSPS) is 11.4. The first-order chi connectivity index (χ1) is 11.5. The molecule has 0 aliphatic rings. The van der Waals surface area contributed by atoms with E-state index < -0.39 is 6.04 Å². The lowest BCUT2D eigenvalue weighted by Gasteiger charge is -2.10. The van der Waals surface area contributed by atoms with Gasteiger partial charge in [0.2, 0.25) is 0 Å². The van der Waals surface area contributed by atoms with Gasteiger partial charge in [0.15, 0.2) is 0 Å². The molecule has 0 bridgehead atoms. The minimum absolute atomic E-state index is 0.174. The highest BCUT2D eigenvalue weighted by atomic mass is 16.5. The maximum atomic E-state index is 10.4. The van der Waals surface area contributed by atoms with Crippen LogP contribution >= 0.6 is 0 Å². The molecule has 0 aromatic heterocycles. The second-order valence-corrected chi connectivity index (χ2v) is 5.73. The largest absolute Gasteiger partial charge is 0.491 e. The van der Waals surface area contributed by atoms with E-state index in [4.69, 9.17) is 15.2 Å². The van der Waals surface area contributed by atoms with Crippen LogP contribution < -0.4 is 10.5 Å². The molecule has 1 unspecified atom stereocenters. The predicted octanol–water partition coefficient (Wildman–Crippen LogP) is 3.38. The van der Waals surface area contributed by atoms with Gasteiger partial charge in [-0.3, -0.25) is 0 Å². The van der Waals surface area contributed by atoms with E-state index in [0.717, 1.165) is 17.6 Å². The van der Waals surface area contributed by atoms with Crippen molar-refractivity contribution < 1.29 is 14.3 Å². The minimum atomic E-state index is -0.415. The number of carbonyl (C=O) groups excluding carboxylic acids is 1. The van der Waals surface area contributed by atoms with Crippen molar-refractivity contribution in [3.05, 3.63) is 65.7 Å². The van der Waals surface area contributed by atoms with Gasteiger partial charge in [0.25, 0.3) is 0 Å². The summed E-state index contributed by atoms with van der Waals surface area (Å²) < 4.78 is 10.4. The molecule has 0 aliphatic carbocycles. The number of rotatable bonds is 7. The van der Waals surface area contributed by atoms with Gasteiger partial charge in [0.1, 0.15) is 12.0 Å². The Hall–Kier alpha value is -2.17. The predicted molar refractivity (Wildman–Crippen MR) is 97.1 cm³/mol. The molecular formula is C20H27NO3. The van der Waals surface area contributed by atoms with Crippen LogP contribution in [0.2, 0.25) is 0 Å². The Morgan fingerprint density at radius 1 is 1.00 bits per heavy atom. The maximum Gasteiger partial charge on any atom is 0.137 e. The topological polar surface area (TPSA) is 61.5 Å². The molecule has 0 spiro atoms. The summed E-state index contributed by atoms with van der Waals surface area (Å²) in [5.41, 5.74) is 7.79. The van der Waals surface area contributed by atoms with Crippen molar-refractivity contribution in [2.24, 2.45) is 5.73 Å². The Bertz CT molecular complexity index is 567. The number of aldehydes is 1. The molecule has 130 valence electrons. The summed E-state index contributed by atoms with van der Waals surface area (Å²) in [4.78, 5) is 10.4. The molecule has 2 N–H and O–H groups in total. The Labute approximate surface area is 144 Å². The molecule has 4 nitrogen and oxygen atoms in total. The SMILES string of the molecule is CC(C)Oc1ccc(CC(N)C=O)cc1.COCc1ccccc1. The van der Waals surface area contributed by atoms with Crippen LogP contribution in [-0.4, -0.2) is 25.5 Å². The number of hydrogen-bond donors (Lipinski definition) is 1. The maximum absolute atomic E-state index is 10.4. The molecule has 0 fully saturated rings. The minimum Gasteiger partial charge on any atom is -0.491 e. The van der Waals surface area contributed by atoms with Gasteiger partial charge in [-0.15, -0.1) is 0 Å². The van der Waals surface area contributed by atoms with Gasteiger partial charge in [0.05, 0.1) is 18.8 Å². The summed E-state index contributed by atoms with van der Waals surface area (Å²) in [7, 11) is 1.70. The van der Waals surface area contributed by atoms with E-state index in [-0.39, 0.29) is 6.10 Å². The molecule has 2 aromatic carbocycles. The number of nitrogens with two attached hydrogens (primary N) is 1. The van der Waals surface area contributed by atoms with Gasteiger partial charge in [-0.2, -0.15) is 0 Å². The lowest BCUT2D eigenvalue weighted by molar-refractivity contribution is -0.108. The van der Waals surface area contributed by atoms with Crippen LogP contribution in [0.4, 0.5) is 0 Å². The third-order valence-electron chi connectivity index (χ3n) is 3.10. The van der Waals surface area contributed by atoms with Gasteiger partial charge in [-0.05, 0) is 43.5 Å². The summed E-state index contributed by atoms with van der Waals surface area (Å²) in [6, 6.07) is 17.3. The van der Waals surface area contributed by atoms with Crippen molar-refractivity contribution in [2.75, 3.05) is 7.11 Å². The highest BCUT2D eigenvalue weighted by molar-refractivity contribution is 5.57. The third-order valence-corrected chi connectivity index (χ3v) is 3.10. The number of carbonyl (C=O) groups is 1. The van der Waals surface area contributed by atoms with E-state index in [9.17, 15) is 4.79 Å². The Morgan fingerprint density at radius 2 is 1.62 bits per heavy atom. The summed E-state index contributed by atoms with van der Waals surface area (Å²) in [6.45, 7) is 4.67. The molecule has 0 heterocycles. The number of hydrogen-bond acceptors (Lipinski definition) is 4. The zero-order valence-corrected chi connectivity index (χ0v) is 14.6. The van der Waals surface area contributed by atoms with Gasteiger partial charge in [-0.1, -0.05) is 42.5 Å². The van der Waals surface area contributed by atoms with E-state index in [1.807, 2.05) is 68.4 Å². The molecule has 0 saturated heterocycles. The smallest absolute Gasteiger partial charge is 0.137 e. The summed E-state index contributed by atoms with van der Waals surface area (Å²) in [6.07, 6.45) is 1.51. The standard InChI is InChI=1S/C12H17NO2.C8H10O/c1-9(2)15-12-5-3-10(4-6-12)7-11(13)8-14;1-9-7-8-5-3-2-4-6-8/h3-6,8-9,11H,7,13H2,1-2H3;2-6H,7H2,1H3. The number of benzene rings is 2. The first kappa shape index (κ1) is 19.9. The average Bonchev–Trinajstić information content (AvgIpc) is 2.58. The van der Waals surface area contributed by atoms with Crippen LogP contribution in [0.3, 0.4) is 0 Å². The van der Waals surface area contributed by atoms with Crippen molar-refractivity contribution in [3.8, 4) is 5.75 Å². The van der Waals surface area contributed by atoms with E-state index >= 15 is 0 Å². The quantitative estimate of drug-likeness (QED) is 0.791. The monoisotopic (exact) mass is 329 g/mol. The van der Waals surface area contributed by atoms with Crippen LogP contribution in [0, 0.1) is 0 Å². The second kappa shape index (κ2) is 11.4. The molecule has 2 aromatic rings. The molecule has 0 radical (unpaired) electrons. The highest BCUT2D eigenvalue weighted by Gasteiger charge is 2.02. The molecule has 0 saturated carbocycles. The first-order valence-corrected chi connectivity index (χ1v) is 8.04. The summed E-state index contributed by atoms with van der Waals surface area (Å²) in [5.74, 6) is 0.841. The first-order valence-electron chi connectivity index (χ1n) is 8.04. The molecule has 0 aliphatic heterocycles. The molecule has 1 atom stereocenters. The van der Waals surface area contributed by atoms with Crippen molar-refractivity contribution >= 4 is 6.29 Å². The lowest BCUT2D eigenvalue weighted by Crippen LogP contribution is -2.23. The molecule has 4 heteroatoms. The van der Waals surface area contributed by atoms with Gasteiger partial charge < -0.3 is 20.0 Å². The van der Waals surface area contributed by atoms with Gasteiger partial charge in [0, 0.05) is 7.11 Å². The number of ether oxygens (including phenoxy) is 2. The fourth-order valence-electron chi connectivity index (χ4n) is 2.04. The van der Waals surface area contributed by atoms with Crippen molar-refractivity contribution in [2.45, 2.75) is 39.0 Å². The van der Waals surface area contributed by atoms with Crippen LogP contribution in [0.25, 0.3) is 0 Å². The molecule has 24 heavy (non-hydrogen) atoms. The van der Waals surface area contributed by atoms with E-state index in [0.29, 0.717) is 13.0 Å². The van der Waals surface area contributed by atoms with Crippen molar-refractivity contribution in [1.29, 1.82) is 0 Å². The van der Waals surface area contributed by atoms with Crippen LogP contribution in [0.15, 0.2) is 54.6 Å². The number of methoxy groups -OCH3 is 1. The van der Waals surface area contributed by atoms with Gasteiger partial charge in [-0.25, -0.2) is 0 Å². The fourth-order valence-corrected chi connectivity index (χ4v) is 2.04.